The van der Waals surface area contributed by atoms with Crippen LogP contribution in [-0.4, -0.2) is 29.8 Å². The Labute approximate surface area is 143 Å². The Balaban J connectivity index is 1.89. The second-order valence-electron chi connectivity index (χ2n) is 6.04. The van der Waals surface area contributed by atoms with Gasteiger partial charge in [0.05, 0.1) is 18.2 Å². The van der Waals surface area contributed by atoms with E-state index in [0.29, 0.717) is 17.8 Å². The van der Waals surface area contributed by atoms with Gasteiger partial charge >= 0.3 is 0 Å². The van der Waals surface area contributed by atoms with Gasteiger partial charge in [-0.2, -0.15) is 5.26 Å². The lowest BCUT2D eigenvalue weighted by atomic mass is 9.97. The van der Waals surface area contributed by atoms with E-state index in [0.717, 1.165) is 19.3 Å². The molecule has 0 atom stereocenters. The first-order chi connectivity index (χ1) is 11.6. The molecule has 0 fully saturated rings. The van der Waals surface area contributed by atoms with Crippen molar-refractivity contribution in [1.29, 1.82) is 5.26 Å². The van der Waals surface area contributed by atoms with E-state index in [1.165, 1.54) is 25.3 Å². The summed E-state index contributed by atoms with van der Waals surface area (Å²) in [7, 11) is 0. The molecule has 0 saturated carbocycles. The van der Waals surface area contributed by atoms with E-state index >= 15 is 0 Å². The van der Waals surface area contributed by atoms with Gasteiger partial charge in [0.15, 0.2) is 0 Å². The molecule has 1 N–H and O–H groups in total. The van der Waals surface area contributed by atoms with Crippen molar-refractivity contribution in [3.63, 3.8) is 0 Å². The molecule has 0 radical (unpaired) electrons. The average Bonchev–Trinajstić information content (AvgIpc) is 2.59. The molecule has 0 aromatic heterocycles. The Hall–Kier alpha value is -2.61. The quantitative estimate of drug-likeness (QED) is 0.816. The summed E-state index contributed by atoms with van der Waals surface area (Å²) in [5.41, 5.74) is 2.44. The molecule has 5 heteroatoms. The second-order valence-corrected chi connectivity index (χ2v) is 6.04. The van der Waals surface area contributed by atoms with Gasteiger partial charge < -0.3 is 10.2 Å². The van der Waals surface area contributed by atoms with E-state index in [9.17, 15) is 9.59 Å². The third-order valence-corrected chi connectivity index (χ3v) is 4.14. The summed E-state index contributed by atoms with van der Waals surface area (Å²) in [5.74, 6) is -0.356. The van der Waals surface area contributed by atoms with E-state index in [2.05, 4.69) is 11.4 Å². The topological polar surface area (TPSA) is 73.2 Å². The molecule has 0 aliphatic heterocycles. The second kappa shape index (κ2) is 8.88. The van der Waals surface area contributed by atoms with Crippen LogP contribution < -0.4 is 5.32 Å². The van der Waals surface area contributed by atoms with E-state index < -0.39 is 0 Å². The van der Waals surface area contributed by atoms with Crippen molar-refractivity contribution in [1.82, 2.24) is 4.90 Å². The molecule has 126 valence electrons. The molecule has 0 bridgehead atoms. The zero-order valence-electron chi connectivity index (χ0n) is 14.0. The Kier molecular flexibility index (Phi) is 6.56. The molecule has 1 aliphatic rings. The van der Waals surface area contributed by atoms with Crippen molar-refractivity contribution in [3.05, 3.63) is 41.5 Å². The van der Waals surface area contributed by atoms with Crippen molar-refractivity contribution >= 4 is 17.5 Å². The lowest BCUT2D eigenvalue weighted by Crippen LogP contribution is -2.37. The minimum Gasteiger partial charge on any atom is -0.333 e. The highest BCUT2D eigenvalue weighted by Crippen LogP contribution is 2.20. The van der Waals surface area contributed by atoms with Gasteiger partial charge in [-0.3, -0.25) is 9.59 Å². The Morgan fingerprint density at radius 1 is 1.33 bits per heavy atom. The molecular formula is C19H23N3O2. The number of hydrogen-bond acceptors (Lipinski definition) is 3. The van der Waals surface area contributed by atoms with Crippen molar-refractivity contribution in [2.75, 3.05) is 18.4 Å². The molecular weight excluding hydrogens is 302 g/mol. The van der Waals surface area contributed by atoms with Gasteiger partial charge in [0, 0.05) is 19.2 Å². The average molecular weight is 325 g/mol. The molecule has 5 nitrogen and oxygen atoms in total. The number of allylic oxidation sites excluding steroid dienone is 1. The predicted molar refractivity (Wildman–Crippen MR) is 93.2 cm³/mol. The van der Waals surface area contributed by atoms with E-state index in [4.69, 9.17) is 5.26 Å². The number of nitriles is 1. The van der Waals surface area contributed by atoms with Gasteiger partial charge in [-0.25, -0.2) is 0 Å². The first-order valence-corrected chi connectivity index (χ1v) is 8.32. The summed E-state index contributed by atoms with van der Waals surface area (Å²) in [6.07, 6.45) is 7.75. The third-order valence-electron chi connectivity index (χ3n) is 4.14. The highest BCUT2D eigenvalue weighted by atomic mass is 16.2. The van der Waals surface area contributed by atoms with Crippen molar-refractivity contribution in [3.8, 4) is 6.07 Å². The third kappa shape index (κ3) is 5.54. The van der Waals surface area contributed by atoms with Crippen LogP contribution in [0.15, 0.2) is 35.9 Å². The van der Waals surface area contributed by atoms with Crippen LogP contribution in [0.1, 0.15) is 44.6 Å². The lowest BCUT2D eigenvalue weighted by molar-refractivity contribution is -0.132. The summed E-state index contributed by atoms with van der Waals surface area (Å²) in [4.78, 5) is 25.5. The van der Waals surface area contributed by atoms with Crippen LogP contribution in [0.4, 0.5) is 5.69 Å². The summed E-state index contributed by atoms with van der Waals surface area (Å²) in [6, 6.07) is 8.76. The number of benzene rings is 1. The van der Waals surface area contributed by atoms with Crippen LogP contribution in [-0.2, 0) is 9.59 Å². The van der Waals surface area contributed by atoms with Crippen molar-refractivity contribution in [2.45, 2.75) is 39.0 Å². The van der Waals surface area contributed by atoms with Crippen molar-refractivity contribution in [2.24, 2.45) is 0 Å². The molecule has 2 amide bonds. The van der Waals surface area contributed by atoms with Gasteiger partial charge in [0.2, 0.25) is 11.8 Å². The fourth-order valence-electron chi connectivity index (χ4n) is 2.80. The maximum atomic E-state index is 12.2. The van der Waals surface area contributed by atoms with Gasteiger partial charge in [-0.05, 0) is 50.3 Å². The number of carbonyl (C=O) groups excluding carboxylic acids is 2. The Morgan fingerprint density at radius 3 is 2.83 bits per heavy atom. The largest absolute Gasteiger partial charge is 0.333 e. The molecule has 1 aromatic carbocycles. The normalized spacial score (nSPS) is 13.6. The highest BCUT2D eigenvalue weighted by molar-refractivity contribution is 5.94. The van der Waals surface area contributed by atoms with Crippen LogP contribution in [0.5, 0.6) is 0 Å². The monoisotopic (exact) mass is 325 g/mol. The van der Waals surface area contributed by atoms with Crippen LogP contribution in [0, 0.1) is 11.3 Å². The Morgan fingerprint density at radius 2 is 2.17 bits per heavy atom. The Bertz CT molecular complexity index is 673. The summed E-state index contributed by atoms with van der Waals surface area (Å²) >= 11 is 0. The molecule has 2 rings (SSSR count). The number of nitrogens with zero attached hydrogens (tertiary/aromatic N) is 2. The molecule has 1 aliphatic carbocycles. The van der Waals surface area contributed by atoms with Gasteiger partial charge in [0.1, 0.15) is 0 Å². The van der Waals surface area contributed by atoms with Gasteiger partial charge in [0.25, 0.3) is 0 Å². The van der Waals surface area contributed by atoms with Crippen LogP contribution in [0.2, 0.25) is 0 Å². The fraction of sp³-hybridized carbons (Fsp3) is 0.421. The number of amides is 2. The first kappa shape index (κ1) is 17.7. The minimum atomic E-state index is -0.252. The van der Waals surface area contributed by atoms with Crippen LogP contribution in [0.25, 0.3) is 0 Å². The fourth-order valence-corrected chi connectivity index (χ4v) is 2.80. The number of rotatable bonds is 6. The molecule has 24 heavy (non-hydrogen) atoms. The molecule has 0 unspecified atom stereocenters. The van der Waals surface area contributed by atoms with E-state index in [1.807, 2.05) is 6.07 Å². The number of hydrogen-bond donors (Lipinski definition) is 1. The zero-order chi connectivity index (χ0) is 17.4. The SMILES string of the molecule is CC(=O)N(CCC1=CCCCC1)CC(=O)Nc1cccc(C#N)c1. The van der Waals surface area contributed by atoms with Crippen LogP contribution >= 0.6 is 0 Å². The number of anilines is 1. The molecule has 1 aromatic rings. The summed E-state index contributed by atoms with van der Waals surface area (Å²) in [5, 5.41) is 11.6. The van der Waals surface area contributed by atoms with Crippen LogP contribution in [0.3, 0.4) is 0 Å². The van der Waals surface area contributed by atoms with E-state index in [1.54, 1.807) is 29.2 Å². The molecule has 0 saturated heterocycles. The molecule has 0 heterocycles. The lowest BCUT2D eigenvalue weighted by Gasteiger charge is -2.22. The number of carbonyl (C=O) groups is 2. The highest BCUT2D eigenvalue weighted by Gasteiger charge is 2.15. The molecule has 0 spiro atoms. The van der Waals surface area contributed by atoms with Crippen molar-refractivity contribution < 1.29 is 9.59 Å². The summed E-state index contributed by atoms with van der Waals surface area (Å²) in [6.45, 7) is 2.07. The maximum absolute atomic E-state index is 12.2. The predicted octanol–water partition coefficient (Wildman–Crippen LogP) is 3.24. The zero-order valence-corrected chi connectivity index (χ0v) is 14.0. The standard InChI is InChI=1S/C19H23N3O2/c1-15(23)22(11-10-16-6-3-2-4-7-16)14-19(24)21-18-9-5-8-17(12-18)13-20/h5-6,8-9,12H,2-4,7,10-11,14H2,1H3,(H,21,24). The summed E-state index contributed by atoms with van der Waals surface area (Å²) < 4.78 is 0. The first-order valence-electron chi connectivity index (χ1n) is 8.32. The maximum Gasteiger partial charge on any atom is 0.243 e. The number of nitrogens with one attached hydrogen (secondary N) is 1. The van der Waals surface area contributed by atoms with Gasteiger partial charge in [-0.15, -0.1) is 0 Å². The smallest absolute Gasteiger partial charge is 0.243 e. The van der Waals surface area contributed by atoms with Gasteiger partial charge in [-0.1, -0.05) is 17.7 Å². The van der Waals surface area contributed by atoms with E-state index in [-0.39, 0.29) is 18.4 Å². The minimum absolute atomic E-state index is 0.0272.